The number of anilines is 1. The quantitative estimate of drug-likeness (QED) is 0.807. The summed E-state index contributed by atoms with van der Waals surface area (Å²) in [6, 6.07) is 12.9. The van der Waals surface area contributed by atoms with E-state index in [9.17, 15) is 4.79 Å². The van der Waals surface area contributed by atoms with Crippen LogP contribution in [-0.4, -0.2) is 23.9 Å². The Balaban J connectivity index is 1.65. The van der Waals surface area contributed by atoms with Gasteiger partial charge < -0.3 is 5.32 Å². The maximum atomic E-state index is 12.4. The fourth-order valence-corrected chi connectivity index (χ4v) is 3.43. The van der Waals surface area contributed by atoms with Gasteiger partial charge in [-0.05, 0) is 55.8 Å². The zero-order valence-electron chi connectivity index (χ0n) is 13.4. The molecule has 0 radical (unpaired) electrons. The molecular weight excluding hydrogens is 343 g/mol. The van der Waals surface area contributed by atoms with Crippen LogP contribution in [0.15, 0.2) is 42.5 Å². The summed E-state index contributed by atoms with van der Waals surface area (Å²) in [6.07, 6.45) is 3.89. The Bertz CT molecular complexity index is 690. The van der Waals surface area contributed by atoms with E-state index in [0.29, 0.717) is 21.3 Å². The van der Waals surface area contributed by atoms with Gasteiger partial charge in [0.1, 0.15) is 0 Å². The number of halogens is 2. The number of amides is 1. The maximum Gasteiger partial charge on any atom is 0.255 e. The number of carbonyl (C=O) groups excluding carboxylic acids is 1. The minimum atomic E-state index is -0.213. The molecule has 2 aromatic rings. The van der Waals surface area contributed by atoms with Gasteiger partial charge in [-0.15, -0.1) is 0 Å². The minimum Gasteiger partial charge on any atom is -0.319 e. The summed E-state index contributed by atoms with van der Waals surface area (Å²) < 4.78 is 0. The van der Waals surface area contributed by atoms with Gasteiger partial charge in [-0.25, -0.2) is 0 Å². The average molecular weight is 363 g/mol. The predicted molar refractivity (Wildman–Crippen MR) is 100.0 cm³/mol. The molecule has 5 heteroatoms. The highest BCUT2D eigenvalue weighted by Crippen LogP contribution is 2.30. The summed E-state index contributed by atoms with van der Waals surface area (Å²) in [5.74, 6) is -0.213. The van der Waals surface area contributed by atoms with E-state index in [1.165, 1.54) is 24.8 Å². The molecule has 0 aliphatic carbocycles. The van der Waals surface area contributed by atoms with Gasteiger partial charge in [0, 0.05) is 12.1 Å². The van der Waals surface area contributed by atoms with Crippen molar-refractivity contribution in [2.45, 2.75) is 25.8 Å². The normalized spacial score (nSPS) is 15.2. The molecule has 126 valence electrons. The lowest BCUT2D eigenvalue weighted by Crippen LogP contribution is -2.29. The molecule has 0 unspecified atom stereocenters. The number of carbonyl (C=O) groups is 1. The Morgan fingerprint density at radius 2 is 1.58 bits per heavy atom. The zero-order valence-corrected chi connectivity index (χ0v) is 14.9. The molecule has 0 aromatic heterocycles. The van der Waals surface area contributed by atoms with Crippen molar-refractivity contribution in [2.75, 3.05) is 18.4 Å². The van der Waals surface area contributed by atoms with Crippen molar-refractivity contribution in [1.82, 2.24) is 4.90 Å². The van der Waals surface area contributed by atoms with Gasteiger partial charge in [-0.2, -0.15) is 0 Å². The fourth-order valence-electron chi connectivity index (χ4n) is 2.94. The molecule has 0 spiro atoms. The van der Waals surface area contributed by atoms with E-state index >= 15 is 0 Å². The van der Waals surface area contributed by atoms with Crippen LogP contribution in [0, 0.1) is 0 Å². The van der Waals surface area contributed by atoms with Crippen LogP contribution >= 0.6 is 23.2 Å². The Morgan fingerprint density at radius 3 is 2.21 bits per heavy atom. The molecule has 0 atom stereocenters. The summed E-state index contributed by atoms with van der Waals surface area (Å²) in [4.78, 5) is 14.8. The molecule has 1 aliphatic heterocycles. The molecule has 3 rings (SSSR count). The summed E-state index contributed by atoms with van der Waals surface area (Å²) in [7, 11) is 0. The molecule has 0 saturated carbocycles. The molecule has 1 fully saturated rings. The monoisotopic (exact) mass is 362 g/mol. The van der Waals surface area contributed by atoms with Crippen LogP contribution in [0.2, 0.25) is 10.0 Å². The van der Waals surface area contributed by atoms with E-state index < -0.39 is 0 Å². The third-order valence-electron chi connectivity index (χ3n) is 4.27. The van der Waals surface area contributed by atoms with E-state index in [4.69, 9.17) is 23.2 Å². The highest BCUT2D eigenvalue weighted by molar-refractivity contribution is 6.40. The van der Waals surface area contributed by atoms with Crippen LogP contribution in [0.3, 0.4) is 0 Å². The topological polar surface area (TPSA) is 32.3 Å². The van der Waals surface area contributed by atoms with Gasteiger partial charge in [-0.1, -0.05) is 47.8 Å². The number of likely N-dealkylation sites (tertiary alicyclic amines) is 1. The van der Waals surface area contributed by atoms with Gasteiger partial charge in [0.05, 0.1) is 15.7 Å². The third kappa shape index (κ3) is 4.29. The van der Waals surface area contributed by atoms with Crippen LogP contribution in [0.1, 0.15) is 35.2 Å². The highest BCUT2D eigenvalue weighted by atomic mass is 35.5. The standard InChI is InChI=1S/C19H20Cl2N2O/c20-16-5-4-6-17(21)18(16)22-19(24)15-9-7-14(8-10-15)13-23-11-2-1-3-12-23/h4-10H,1-3,11-13H2,(H,22,24). The van der Waals surface area contributed by atoms with Crippen molar-refractivity contribution in [3.63, 3.8) is 0 Å². The SMILES string of the molecule is O=C(Nc1c(Cl)cccc1Cl)c1ccc(CN2CCCCC2)cc1. The number of nitrogens with zero attached hydrogens (tertiary/aromatic N) is 1. The Kier molecular flexibility index (Phi) is 5.77. The van der Waals surface area contributed by atoms with Crippen molar-refractivity contribution >= 4 is 34.8 Å². The minimum absolute atomic E-state index is 0.213. The van der Waals surface area contributed by atoms with E-state index in [-0.39, 0.29) is 5.91 Å². The Morgan fingerprint density at radius 1 is 0.958 bits per heavy atom. The van der Waals surface area contributed by atoms with Crippen LogP contribution in [0.25, 0.3) is 0 Å². The second kappa shape index (κ2) is 8.02. The number of nitrogens with one attached hydrogen (secondary N) is 1. The smallest absolute Gasteiger partial charge is 0.255 e. The number of hydrogen-bond acceptors (Lipinski definition) is 2. The lowest BCUT2D eigenvalue weighted by molar-refractivity contribution is 0.102. The van der Waals surface area contributed by atoms with Gasteiger partial charge in [0.15, 0.2) is 0 Å². The number of piperidine rings is 1. The molecule has 2 aromatic carbocycles. The molecule has 1 heterocycles. The highest BCUT2D eigenvalue weighted by Gasteiger charge is 2.13. The number of para-hydroxylation sites is 1. The Labute approximate surface area is 152 Å². The molecule has 1 N–H and O–H groups in total. The maximum absolute atomic E-state index is 12.4. The summed E-state index contributed by atoms with van der Waals surface area (Å²) in [5, 5.41) is 3.64. The lowest BCUT2D eigenvalue weighted by Gasteiger charge is -2.26. The number of rotatable bonds is 4. The first-order valence-electron chi connectivity index (χ1n) is 8.20. The van der Waals surface area contributed by atoms with Crippen LogP contribution in [0.4, 0.5) is 5.69 Å². The largest absolute Gasteiger partial charge is 0.319 e. The number of benzene rings is 2. The van der Waals surface area contributed by atoms with Crippen molar-refractivity contribution in [3.8, 4) is 0 Å². The van der Waals surface area contributed by atoms with Crippen LogP contribution < -0.4 is 5.32 Å². The summed E-state index contributed by atoms with van der Waals surface area (Å²) in [6.45, 7) is 3.26. The fraction of sp³-hybridized carbons (Fsp3) is 0.316. The van der Waals surface area contributed by atoms with Gasteiger partial charge in [-0.3, -0.25) is 9.69 Å². The lowest BCUT2D eigenvalue weighted by atomic mass is 10.1. The molecular formula is C19H20Cl2N2O. The van der Waals surface area contributed by atoms with Crippen molar-refractivity contribution < 1.29 is 4.79 Å². The predicted octanol–water partition coefficient (Wildman–Crippen LogP) is 5.23. The van der Waals surface area contributed by atoms with E-state index in [1.807, 2.05) is 24.3 Å². The van der Waals surface area contributed by atoms with Crippen molar-refractivity contribution in [2.24, 2.45) is 0 Å². The zero-order chi connectivity index (χ0) is 16.9. The number of hydrogen-bond donors (Lipinski definition) is 1. The summed E-state index contributed by atoms with van der Waals surface area (Å²) >= 11 is 12.2. The second-order valence-corrected chi connectivity index (χ2v) is 6.90. The van der Waals surface area contributed by atoms with Crippen LogP contribution in [0.5, 0.6) is 0 Å². The molecule has 1 aliphatic rings. The van der Waals surface area contributed by atoms with Crippen LogP contribution in [-0.2, 0) is 6.54 Å². The third-order valence-corrected chi connectivity index (χ3v) is 4.90. The van der Waals surface area contributed by atoms with Gasteiger partial charge in [0.25, 0.3) is 5.91 Å². The first-order chi connectivity index (χ1) is 11.6. The molecule has 24 heavy (non-hydrogen) atoms. The first-order valence-corrected chi connectivity index (χ1v) is 8.96. The second-order valence-electron chi connectivity index (χ2n) is 6.08. The van der Waals surface area contributed by atoms with Crippen molar-refractivity contribution in [1.29, 1.82) is 0 Å². The average Bonchev–Trinajstić information content (AvgIpc) is 2.60. The molecule has 1 saturated heterocycles. The molecule has 1 amide bonds. The van der Waals surface area contributed by atoms with E-state index in [2.05, 4.69) is 10.2 Å². The molecule has 0 bridgehead atoms. The molecule has 3 nitrogen and oxygen atoms in total. The summed E-state index contributed by atoms with van der Waals surface area (Å²) in [5.41, 5.74) is 2.26. The van der Waals surface area contributed by atoms with Gasteiger partial charge >= 0.3 is 0 Å². The van der Waals surface area contributed by atoms with Gasteiger partial charge in [0.2, 0.25) is 0 Å². The van der Waals surface area contributed by atoms with E-state index in [1.54, 1.807) is 18.2 Å². The van der Waals surface area contributed by atoms with Crippen molar-refractivity contribution in [3.05, 3.63) is 63.6 Å². The first kappa shape index (κ1) is 17.3. The van der Waals surface area contributed by atoms with E-state index in [0.717, 1.165) is 19.6 Å². The Hall–Kier alpha value is -1.55.